The molecule has 0 amide bonds. The third kappa shape index (κ3) is 4.23. The van der Waals surface area contributed by atoms with Crippen molar-refractivity contribution in [2.24, 2.45) is 0 Å². The molecule has 2 heterocycles. The van der Waals surface area contributed by atoms with E-state index >= 15 is 0 Å². The van der Waals surface area contributed by atoms with Crippen LogP contribution in [0.4, 0.5) is 0 Å². The largest absolute Gasteiger partial charge is 0.309 e. The minimum Gasteiger partial charge on any atom is -0.309 e. The van der Waals surface area contributed by atoms with E-state index in [9.17, 15) is 0 Å². The van der Waals surface area contributed by atoms with Crippen LogP contribution in [-0.2, 0) is 6.42 Å². The molecule has 51 heavy (non-hydrogen) atoms. The van der Waals surface area contributed by atoms with Crippen molar-refractivity contribution in [3.05, 3.63) is 193 Å². The van der Waals surface area contributed by atoms with Gasteiger partial charge in [0.25, 0.3) is 0 Å². The van der Waals surface area contributed by atoms with Crippen molar-refractivity contribution in [1.29, 1.82) is 0 Å². The van der Waals surface area contributed by atoms with Gasteiger partial charge in [-0.15, -0.1) is 0 Å². The lowest BCUT2D eigenvalue weighted by Crippen LogP contribution is -1.96. The fourth-order valence-corrected chi connectivity index (χ4v) is 8.69. The van der Waals surface area contributed by atoms with Crippen molar-refractivity contribution in [2.45, 2.75) is 6.42 Å². The molecule has 0 spiro atoms. The van der Waals surface area contributed by atoms with Gasteiger partial charge >= 0.3 is 0 Å². The number of fused-ring (bicyclic) bond motifs is 9. The molecule has 1 aliphatic carbocycles. The number of hydrogen-bond donors (Lipinski definition) is 0. The molecule has 0 saturated heterocycles. The smallest absolute Gasteiger partial charge is 0.0541 e. The van der Waals surface area contributed by atoms with Crippen LogP contribution >= 0.6 is 0 Å². The second-order valence-corrected chi connectivity index (χ2v) is 13.7. The Morgan fingerprint density at radius 2 is 0.765 bits per heavy atom. The molecular formula is C49H32N2. The average Bonchev–Trinajstić information content (AvgIpc) is 3.86. The molecule has 11 rings (SSSR count). The highest BCUT2D eigenvalue weighted by atomic mass is 15.0. The lowest BCUT2D eigenvalue weighted by atomic mass is 9.90. The number of nitrogens with zero attached hydrogens (tertiary/aromatic N) is 2. The van der Waals surface area contributed by atoms with Gasteiger partial charge in [-0.05, 0) is 112 Å². The van der Waals surface area contributed by atoms with Crippen LogP contribution in [0.1, 0.15) is 11.1 Å². The molecule has 0 unspecified atom stereocenters. The molecule has 0 saturated carbocycles. The summed E-state index contributed by atoms with van der Waals surface area (Å²) in [6.07, 6.45) is 0.933. The van der Waals surface area contributed by atoms with Gasteiger partial charge in [0.2, 0.25) is 0 Å². The van der Waals surface area contributed by atoms with Crippen molar-refractivity contribution in [3.8, 4) is 44.8 Å². The second-order valence-electron chi connectivity index (χ2n) is 13.7. The lowest BCUT2D eigenvalue weighted by Gasteiger charge is -2.16. The fraction of sp³-hybridized carbons (Fsp3) is 0.0204. The molecule has 0 N–H and O–H groups in total. The number of rotatable bonds is 4. The number of para-hydroxylation sites is 4. The maximum Gasteiger partial charge on any atom is 0.0541 e. The number of hydrogen-bond acceptors (Lipinski definition) is 0. The van der Waals surface area contributed by atoms with Crippen LogP contribution < -0.4 is 0 Å². The van der Waals surface area contributed by atoms with E-state index in [2.05, 4.69) is 191 Å². The number of aromatic nitrogens is 2. The zero-order valence-electron chi connectivity index (χ0n) is 27.9. The molecule has 238 valence electrons. The Morgan fingerprint density at radius 3 is 1.33 bits per heavy atom. The molecule has 1 aliphatic rings. The van der Waals surface area contributed by atoms with Crippen LogP contribution in [0.3, 0.4) is 0 Å². The number of benzene rings is 8. The van der Waals surface area contributed by atoms with E-state index in [0.717, 1.165) is 6.42 Å². The quantitative estimate of drug-likeness (QED) is 0.180. The topological polar surface area (TPSA) is 9.86 Å². The Kier molecular flexibility index (Phi) is 6.05. The van der Waals surface area contributed by atoms with E-state index in [1.807, 2.05) is 0 Å². The van der Waals surface area contributed by atoms with Crippen molar-refractivity contribution < 1.29 is 0 Å². The van der Waals surface area contributed by atoms with Crippen LogP contribution in [0, 0.1) is 0 Å². The molecule has 0 aliphatic heterocycles. The summed E-state index contributed by atoms with van der Waals surface area (Å²) in [5.41, 5.74) is 17.7. The van der Waals surface area contributed by atoms with Gasteiger partial charge in [-0.3, -0.25) is 0 Å². The van der Waals surface area contributed by atoms with E-state index in [4.69, 9.17) is 0 Å². The highest BCUT2D eigenvalue weighted by Crippen LogP contribution is 2.45. The highest BCUT2D eigenvalue weighted by Gasteiger charge is 2.24. The lowest BCUT2D eigenvalue weighted by molar-refractivity contribution is 1.18. The fourth-order valence-electron chi connectivity index (χ4n) is 8.69. The standard InChI is InChI=1S/C49H32N2/c1-2-18-38-34(13-1)29-45-43(33-15-12-17-37(28-33)51-48-25-9-5-21-41(48)42-22-6-10-26-49(42)51)30-35(31-44(38)45)32-14-11-16-36(27-32)50-46-23-7-3-19-39(46)40-20-4-8-24-47(40)50/h1-28,30-31H,29H2. The minimum absolute atomic E-state index is 0.933. The Hall–Kier alpha value is -6.64. The molecule has 2 heteroatoms. The summed E-state index contributed by atoms with van der Waals surface area (Å²) in [4.78, 5) is 0. The third-order valence-corrected chi connectivity index (χ3v) is 10.9. The van der Waals surface area contributed by atoms with E-state index in [-0.39, 0.29) is 0 Å². The molecule has 0 radical (unpaired) electrons. The van der Waals surface area contributed by atoms with E-state index in [1.54, 1.807) is 0 Å². The van der Waals surface area contributed by atoms with Gasteiger partial charge in [-0.2, -0.15) is 0 Å². The summed E-state index contributed by atoms with van der Waals surface area (Å²) < 4.78 is 4.83. The molecular weight excluding hydrogens is 617 g/mol. The summed E-state index contributed by atoms with van der Waals surface area (Å²) in [5.74, 6) is 0. The monoisotopic (exact) mass is 648 g/mol. The van der Waals surface area contributed by atoms with Gasteiger partial charge in [0.15, 0.2) is 0 Å². The molecule has 8 aromatic carbocycles. The average molecular weight is 649 g/mol. The Morgan fingerprint density at radius 1 is 0.314 bits per heavy atom. The Labute approximate surface area is 296 Å². The first-order chi connectivity index (χ1) is 25.3. The maximum absolute atomic E-state index is 2.43. The van der Waals surface area contributed by atoms with E-state index in [0.29, 0.717) is 0 Å². The van der Waals surface area contributed by atoms with Crippen LogP contribution in [0.2, 0.25) is 0 Å². The highest BCUT2D eigenvalue weighted by molar-refractivity contribution is 6.10. The first-order valence-electron chi connectivity index (χ1n) is 17.7. The van der Waals surface area contributed by atoms with Gasteiger partial charge in [0.1, 0.15) is 0 Å². The van der Waals surface area contributed by atoms with Crippen molar-refractivity contribution in [1.82, 2.24) is 9.13 Å². The zero-order valence-corrected chi connectivity index (χ0v) is 27.9. The Balaban J connectivity index is 1.12. The summed E-state index contributed by atoms with van der Waals surface area (Å²) in [7, 11) is 0. The van der Waals surface area contributed by atoms with Gasteiger partial charge in [-0.1, -0.05) is 121 Å². The predicted molar refractivity (Wildman–Crippen MR) is 214 cm³/mol. The third-order valence-electron chi connectivity index (χ3n) is 10.9. The molecule has 10 aromatic rings. The predicted octanol–water partition coefficient (Wildman–Crippen LogP) is 12.8. The maximum atomic E-state index is 2.43. The van der Waals surface area contributed by atoms with Gasteiger partial charge in [-0.25, -0.2) is 0 Å². The van der Waals surface area contributed by atoms with Crippen LogP contribution in [-0.4, -0.2) is 9.13 Å². The molecule has 0 fully saturated rings. The second kappa shape index (κ2) is 10.9. The van der Waals surface area contributed by atoms with Gasteiger partial charge in [0, 0.05) is 32.9 Å². The van der Waals surface area contributed by atoms with Gasteiger partial charge in [0.05, 0.1) is 22.1 Å². The summed E-state index contributed by atoms with van der Waals surface area (Å²) in [5, 5.41) is 5.11. The van der Waals surface area contributed by atoms with Crippen molar-refractivity contribution >= 4 is 43.6 Å². The normalized spacial score (nSPS) is 12.2. The minimum atomic E-state index is 0.933. The SMILES string of the molecule is c1cc(-c2cc(-c3cccc(-n4c5ccccc5c5ccccc54)c3)c3c(c2)-c2ccccc2C3)cc(-n2c3ccccc3c3ccccc32)c1. The summed E-state index contributed by atoms with van der Waals surface area (Å²) in [6, 6.07) is 67.0. The van der Waals surface area contributed by atoms with E-state index in [1.165, 1.54) is 99.5 Å². The molecule has 0 atom stereocenters. The molecule has 2 aromatic heterocycles. The zero-order chi connectivity index (χ0) is 33.5. The summed E-state index contributed by atoms with van der Waals surface area (Å²) in [6.45, 7) is 0. The summed E-state index contributed by atoms with van der Waals surface area (Å²) >= 11 is 0. The van der Waals surface area contributed by atoms with Gasteiger partial charge < -0.3 is 9.13 Å². The Bertz CT molecular complexity index is 2900. The van der Waals surface area contributed by atoms with Crippen LogP contribution in [0.15, 0.2) is 182 Å². The molecule has 2 nitrogen and oxygen atoms in total. The molecule has 0 bridgehead atoms. The van der Waals surface area contributed by atoms with E-state index < -0.39 is 0 Å². The van der Waals surface area contributed by atoms with Crippen LogP contribution in [0.5, 0.6) is 0 Å². The first kappa shape index (κ1) is 28.2. The van der Waals surface area contributed by atoms with Crippen molar-refractivity contribution in [2.75, 3.05) is 0 Å². The van der Waals surface area contributed by atoms with Crippen LogP contribution in [0.25, 0.3) is 88.4 Å². The first-order valence-corrected chi connectivity index (χ1v) is 17.7. The van der Waals surface area contributed by atoms with Crippen molar-refractivity contribution in [3.63, 3.8) is 0 Å².